The largest absolute Gasteiger partial charge is 0.478 e. The van der Waals surface area contributed by atoms with Crippen molar-refractivity contribution in [2.45, 2.75) is 13.3 Å². The first-order valence-electron chi connectivity index (χ1n) is 8.63. The summed E-state index contributed by atoms with van der Waals surface area (Å²) in [5.41, 5.74) is 1.69. The van der Waals surface area contributed by atoms with E-state index < -0.39 is 17.7 Å². The molecule has 0 atom stereocenters. The van der Waals surface area contributed by atoms with Gasteiger partial charge in [0.25, 0.3) is 0 Å². The third-order valence-electron chi connectivity index (χ3n) is 4.59. The van der Waals surface area contributed by atoms with Gasteiger partial charge in [-0.25, -0.2) is 9.78 Å². The highest BCUT2D eigenvalue weighted by atomic mass is 35.5. The van der Waals surface area contributed by atoms with E-state index in [-0.39, 0.29) is 17.7 Å². The highest BCUT2D eigenvalue weighted by Crippen LogP contribution is 2.34. The minimum Gasteiger partial charge on any atom is -0.478 e. The standard InChI is InChI=1S/C21H14ClFN2O3S/c1-11-3-2-4-16-24-18(20(23)25(11)16)15(26)9-13-10-29-19(17(13)21(27)28)12-5-7-14(22)8-6-12/h2-8,10H,9H2,1H3,(H,27,28). The number of pyridine rings is 1. The van der Waals surface area contributed by atoms with Gasteiger partial charge < -0.3 is 5.11 Å². The number of thiophene rings is 1. The number of rotatable bonds is 5. The molecule has 0 amide bonds. The smallest absolute Gasteiger partial charge is 0.337 e. The Hall–Kier alpha value is -3.03. The minimum absolute atomic E-state index is 0.0334. The van der Waals surface area contributed by atoms with E-state index in [1.807, 2.05) is 0 Å². The monoisotopic (exact) mass is 428 g/mol. The lowest BCUT2D eigenvalue weighted by Gasteiger charge is -2.04. The summed E-state index contributed by atoms with van der Waals surface area (Å²) in [6.45, 7) is 1.71. The first-order valence-corrected chi connectivity index (χ1v) is 9.89. The number of carbonyl (C=O) groups is 2. The second-order valence-corrected chi connectivity index (χ2v) is 7.81. The molecule has 8 heteroatoms. The van der Waals surface area contributed by atoms with Gasteiger partial charge >= 0.3 is 5.97 Å². The number of aromatic nitrogens is 2. The zero-order chi connectivity index (χ0) is 20.7. The predicted molar refractivity (Wildman–Crippen MR) is 110 cm³/mol. The lowest BCUT2D eigenvalue weighted by Crippen LogP contribution is -2.10. The fourth-order valence-corrected chi connectivity index (χ4v) is 4.41. The van der Waals surface area contributed by atoms with E-state index in [0.29, 0.717) is 32.4 Å². The Labute approximate surface area is 174 Å². The molecule has 146 valence electrons. The quantitative estimate of drug-likeness (QED) is 0.438. The number of aryl methyl sites for hydroxylation is 1. The van der Waals surface area contributed by atoms with Crippen LogP contribution < -0.4 is 0 Å². The number of hydrogen-bond donors (Lipinski definition) is 1. The highest BCUT2D eigenvalue weighted by Gasteiger charge is 2.25. The number of halogens is 2. The molecular weight excluding hydrogens is 415 g/mol. The highest BCUT2D eigenvalue weighted by molar-refractivity contribution is 7.14. The molecule has 0 spiro atoms. The molecule has 0 aliphatic heterocycles. The van der Waals surface area contributed by atoms with Crippen molar-refractivity contribution < 1.29 is 19.1 Å². The Morgan fingerprint density at radius 2 is 1.93 bits per heavy atom. The van der Waals surface area contributed by atoms with Gasteiger partial charge in [-0.05, 0) is 47.7 Å². The summed E-state index contributed by atoms with van der Waals surface area (Å²) in [5.74, 6) is -2.47. The van der Waals surface area contributed by atoms with Crippen LogP contribution in [0.2, 0.25) is 5.02 Å². The van der Waals surface area contributed by atoms with E-state index in [0.717, 1.165) is 0 Å². The number of nitrogens with zero attached hydrogens (tertiary/aromatic N) is 2. The topological polar surface area (TPSA) is 71.7 Å². The summed E-state index contributed by atoms with van der Waals surface area (Å²) in [7, 11) is 0. The van der Waals surface area contributed by atoms with E-state index in [1.165, 1.54) is 15.7 Å². The summed E-state index contributed by atoms with van der Waals surface area (Å²) < 4.78 is 16.0. The fraction of sp³-hybridized carbons (Fsp3) is 0.0952. The molecule has 4 aromatic rings. The molecule has 0 radical (unpaired) electrons. The summed E-state index contributed by atoms with van der Waals surface area (Å²) >= 11 is 7.12. The molecule has 0 saturated heterocycles. The van der Waals surface area contributed by atoms with Gasteiger partial charge in [-0.15, -0.1) is 11.3 Å². The average Bonchev–Trinajstić information content (AvgIpc) is 3.24. The van der Waals surface area contributed by atoms with Gasteiger partial charge in [0, 0.05) is 22.0 Å². The molecule has 0 bridgehead atoms. The van der Waals surface area contributed by atoms with Gasteiger partial charge in [-0.2, -0.15) is 4.39 Å². The molecule has 0 aliphatic carbocycles. The molecule has 0 aliphatic rings. The minimum atomic E-state index is -1.15. The maximum Gasteiger partial charge on any atom is 0.337 e. The van der Waals surface area contributed by atoms with Crippen LogP contribution in [0.3, 0.4) is 0 Å². The van der Waals surface area contributed by atoms with Crippen LogP contribution in [0.25, 0.3) is 16.1 Å². The third kappa shape index (κ3) is 3.43. The number of carboxylic acids is 1. The van der Waals surface area contributed by atoms with Gasteiger partial charge in [0.2, 0.25) is 5.95 Å². The lowest BCUT2D eigenvalue weighted by atomic mass is 10.0. The molecule has 3 aromatic heterocycles. The van der Waals surface area contributed by atoms with Crippen molar-refractivity contribution in [1.29, 1.82) is 0 Å². The van der Waals surface area contributed by atoms with Crippen molar-refractivity contribution in [3.05, 3.63) is 81.3 Å². The maximum atomic E-state index is 14.8. The van der Waals surface area contributed by atoms with E-state index in [2.05, 4.69) is 4.98 Å². The number of carboxylic acid groups (broad SMARTS) is 1. The number of Topliss-reactive ketones (excluding diaryl/α,β-unsaturated/α-hetero) is 1. The molecule has 0 fully saturated rings. The molecule has 1 aromatic carbocycles. The third-order valence-corrected chi connectivity index (χ3v) is 5.92. The number of carbonyl (C=O) groups excluding carboxylic acids is 1. The van der Waals surface area contributed by atoms with Crippen molar-refractivity contribution in [1.82, 2.24) is 9.38 Å². The second-order valence-electron chi connectivity index (χ2n) is 6.49. The van der Waals surface area contributed by atoms with Crippen LogP contribution in [0.1, 0.15) is 32.1 Å². The van der Waals surface area contributed by atoms with Crippen LogP contribution in [-0.4, -0.2) is 26.2 Å². The molecular formula is C21H14ClFN2O3S. The van der Waals surface area contributed by atoms with Gasteiger partial charge in [0.1, 0.15) is 5.65 Å². The first kappa shape index (κ1) is 19.3. The molecule has 5 nitrogen and oxygen atoms in total. The maximum absolute atomic E-state index is 14.8. The molecule has 1 N–H and O–H groups in total. The van der Waals surface area contributed by atoms with Crippen LogP contribution in [0.15, 0.2) is 47.8 Å². The van der Waals surface area contributed by atoms with Crippen molar-refractivity contribution in [2.24, 2.45) is 0 Å². The Bertz CT molecular complexity index is 1260. The number of aromatic carboxylic acids is 1. The molecule has 29 heavy (non-hydrogen) atoms. The van der Waals surface area contributed by atoms with Crippen LogP contribution in [0.4, 0.5) is 4.39 Å². The summed E-state index contributed by atoms with van der Waals surface area (Å²) in [5, 5.41) is 11.9. The molecule has 0 unspecified atom stereocenters. The van der Waals surface area contributed by atoms with Gasteiger partial charge in [0.15, 0.2) is 11.5 Å². The zero-order valence-corrected chi connectivity index (χ0v) is 16.7. The van der Waals surface area contributed by atoms with Crippen LogP contribution in [0, 0.1) is 12.9 Å². The first-order chi connectivity index (χ1) is 13.9. The summed E-state index contributed by atoms with van der Waals surface area (Å²) in [6, 6.07) is 11.8. The number of fused-ring (bicyclic) bond motifs is 1. The number of ketones is 1. The van der Waals surface area contributed by atoms with Gasteiger partial charge in [0.05, 0.1) is 5.56 Å². The van der Waals surface area contributed by atoms with E-state index in [1.54, 1.807) is 54.8 Å². The van der Waals surface area contributed by atoms with E-state index in [9.17, 15) is 19.1 Å². The molecule has 3 heterocycles. The fourth-order valence-electron chi connectivity index (χ4n) is 3.22. The predicted octanol–water partition coefficient (Wildman–Crippen LogP) is 5.29. The van der Waals surface area contributed by atoms with Crippen LogP contribution in [-0.2, 0) is 6.42 Å². The Kier molecular flexibility index (Phi) is 4.94. The van der Waals surface area contributed by atoms with E-state index >= 15 is 0 Å². The normalized spacial score (nSPS) is 11.1. The average molecular weight is 429 g/mol. The number of hydrogen-bond acceptors (Lipinski definition) is 4. The number of benzene rings is 1. The van der Waals surface area contributed by atoms with E-state index in [4.69, 9.17) is 11.6 Å². The van der Waals surface area contributed by atoms with Crippen molar-refractivity contribution in [2.75, 3.05) is 0 Å². The Morgan fingerprint density at radius 1 is 1.21 bits per heavy atom. The second kappa shape index (κ2) is 7.42. The SMILES string of the molecule is Cc1cccc2nc(C(=O)Cc3csc(-c4ccc(Cl)cc4)c3C(=O)O)c(F)n12. The Morgan fingerprint density at radius 3 is 2.59 bits per heavy atom. The van der Waals surface area contributed by atoms with Crippen molar-refractivity contribution >= 4 is 40.3 Å². The van der Waals surface area contributed by atoms with Gasteiger partial charge in [-0.3, -0.25) is 9.20 Å². The molecule has 0 saturated carbocycles. The Balaban J connectivity index is 1.72. The number of imidazole rings is 1. The van der Waals surface area contributed by atoms with Gasteiger partial charge in [-0.1, -0.05) is 29.8 Å². The van der Waals surface area contributed by atoms with Crippen molar-refractivity contribution in [3.8, 4) is 10.4 Å². The van der Waals surface area contributed by atoms with Crippen LogP contribution >= 0.6 is 22.9 Å². The summed E-state index contributed by atoms with van der Waals surface area (Å²) in [6.07, 6.45) is -0.258. The zero-order valence-electron chi connectivity index (χ0n) is 15.1. The summed E-state index contributed by atoms with van der Waals surface area (Å²) in [4.78, 5) is 29.3. The van der Waals surface area contributed by atoms with Crippen molar-refractivity contribution in [3.63, 3.8) is 0 Å². The lowest BCUT2D eigenvalue weighted by molar-refractivity contribution is 0.0697. The molecule has 4 rings (SSSR count). The van der Waals surface area contributed by atoms with Crippen LogP contribution in [0.5, 0.6) is 0 Å².